The van der Waals surface area contributed by atoms with Crippen LogP contribution in [0.25, 0.3) is 16.6 Å². The number of aromatic nitrogens is 4. The number of para-hydroxylation sites is 1. The minimum absolute atomic E-state index is 0.0875. The van der Waals surface area contributed by atoms with Crippen LogP contribution in [0.15, 0.2) is 36.4 Å². The van der Waals surface area contributed by atoms with Crippen molar-refractivity contribution in [1.82, 2.24) is 24.5 Å². The summed E-state index contributed by atoms with van der Waals surface area (Å²) in [5, 5.41) is 9.32. The van der Waals surface area contributed by atoms with Gasteiger partial charge >= 0.3 is 5.97 Å². The van der Waals surface area contributed by atoms with Crippen molar-refractivity contribution in [3.8, 4) is 17.2 Å². The molecule has 1 aliphatic carbocycles. The van der Waals surface area contributed by atoms with Crippen LogP contribution in [-0.2, 0) is 16.1 Å². The number of hydrogen-bond donors (Lipinski definition) is 1. The van der Waals surface area contributed by atoms with Crippen LogP contribution in [0.4, 0.5) is 5.95 Å². The van der Waals surface area contributed by atoms with E-state index in [1.165, 1.54) is 0 Å². The molecule has 11 nitrogen and oxygen atoms in total. The number of ether oxygens (including phenoxy) is 4. The summed E-state index contributed by atoms with van der Waals surface area (Å²) in [6.07, 6.45) is 4.07. The molecule has 2 atom stereocenters. The first-order valence-electron chi connectivity index (χ1n) is 14.6. The fourth-order valence-corrected chi connectivity index (χ4v) is 5.99. The van der Waals surface area contributed by atoms with Gasteiger partial charge in [-0.05, 0) is 69.3 Å². The van der Waals surface area contributed by atoms with E-state index in [1.54, 1.807) is 25.8 Å². The minimum atomic E-state index is -0.187. The lowest BCUT2D eigenvalue weighted by molar-refractivity contribution is -0.151. The fraction of sp³-hybridized carbons (Fsp3) is 0.484. The Kier molecular flexibility index (Phi) is 8.01. The minimum Gasteiger partial charge on any atom is -0.497 e. The lowest BCUT2D eigenvalue weighted by Gasteiger charge is -2.36. The first-order valence-corrected chi connectivity index (χ1v) is 14.6. The summed E-state index contributed by atoms with van der Waals surface area (Å²) in [6.45, 7) is 4.31. The highest BCUT2D eigenvalue weighted by molar-refractivity contribution is 5.96. The van der Waals surface area contributed by atoms with Gasteiger partial charge in [0.15, 0.2) is 11.5 Å². The van der Waals surface area contributed by atoms with E-state index in [0.717, 1.165) is 61.3 Å². The predicted molar refractivity (Wildman–Crippen MR) is 158 cm³/mol. The highest BCUT2D eigenvalue weighted by atomic mass is 16.5. The molecule has 1 aliphatic heterocycles. The number of fused-ring (bicyclic) bond motifs is 3. The van der Waals surface area contributed by atoms with Gasteiger partial charge in [0.2, 0.25) is 5.95 Å². The molecule has 222 valence electrons. The number of rotatable bonds is 11. The molecule has 0 bridgehead atoms. The van der Waals surface area contributed by atoms with Crippen LogP contribution >= 0.6 is 0 Å². The van der Waals surface area contributed by atoms with E-state index in [0.29, 0.717) is 47.7 Å². The molecule has 2 aliphatic rings. The molecule has 2 fully saturated rings. The van der Waals surface area contributed by atoms with Crippen molar-refractivity contribution < 1.29 is 23.7 Å². The van der Waals surface area contributed by atoms with Crippen molar-refractivity contribution in [2.24, 2.45) is 5.92 Å². The number of likely N-dealkylation sites (tertiary alicyclic amines) is 1. The Labute approximate surface area is 245 Å². The molecule has 42 heavy (non-hydrogen) atoms. The number of nitrogens with zero attached hydrogens (tertiary/aromatic N) is 5. The summed E-state index contributed by atoms with van der Waals surface area (Å²) in [7, 11) is 4.91. The summed E-state index contributed by atoms with van der Waals surface area (Å²) in [5.41, 5.74) is 2.36. The third-order valence-electron chi connectivity index (χ3n) is 8.24. The van der Waals surface area contributed by atoms with Crippen LogP contribution in [0.5, 0.6) is 17.2 Å². The summed E-state index contributed by atoms with van der Waals surface area (Å²) >= 11 is 0. The van der Waals surface area contributed by atoms with Crippen LogP contribution < -0.4 is 19.5 Å². The van der Waals surface area contributed by atoms with E-state index >= 15 is 0 Å². The Balaban J connectivity index is 1.35. The Bertz CT molecular complexity index is 1590. The number of piperidine rings is 1. The zero-order valence-corrected chi connectivity index (χ0v) is 24.6. The van der Waals surface area contributed by atoms with Crippen molar-refractivity contribution in [3.05, 3.63) is 47.8 Å². The molecule has 0 amide bonds. The number of carbonyl (C=O) groups is 1. The van der Waals surface area contributed by atoms with Gasteiger partial charge in [-0.1, -0.05) is 6.07 Å². The standard InChI is InChI=1S/C31H38N6O5/c1-5-42-30(38)27(19-11-12-19)36-15-7-8-21(18-36)28-34-29-23-9-6-10-24(40-3)26(23)33-31(37(29)35-28)32-17-20-13-14-22(39-2)16-25(20)41-4/h6,9-10,13-14,16,19,21,27H,5,7-8,11-12,15,17-18H2,1-4H3,(H,32,33)/t21-,27-/m1/s1. The van der Waals surface area contributed by atoms with Crippen LogP contribution in [0.3, 0.4) is 0 Å². The Morgan fingerprint density at radius 2 is 1.88 bits per heavy atom. The van der Waals surface area contributed by atoms with Gasteiger partial charge in [-0.3, -0.25) is 9.69 Å². The highest BCUT2D eigenvalue weighted by Gasteiger charge is 2.43. The van der Waals surface area contributed by atoms with Crippen molar-refractivity contribution in [1.29, 1.82) is 0 Å². The van der Waals surface area contributed by atoms with Crippen molar-refractivity contribution in [3.63, 3.8) is 0 Å². The second kappa shape index (κ2) is 12.0. The van der Waals surface area contributed by atoms with E-state index in [9.17, 15) is 4.79 Å². The molecule has 4 aromatic rings. The summed E-state index contributed by atoms with van der Waals surface area (Å²) in [6, 6.07) is 11.4. The summed E-state index contributed by atoms with van der Waals surface area (Å²) in [4.78, 5) is 25.2. The van der Waals surface area contributed by atoms with E-state index in [2.05, 4.69) is 10.2 Å². The van der Waals surface area contributed by atoms with Gasteiger partial charge in [0, 0.05) is 36.0 Å². The van der Waals surface area contributed by atoms with Gasteiger partial charge in [-0.25, -0.2) is 9.97 Å². The fourth-order valence-electron chi connectivity index (χ4n) is 5.99. The zero-order chi connectivity index (χ0) is 29.2. The van der Waals surface area contributed by atoms with E-state index in [-0.39, 0.29) is 17.9 Å². The first kappa shape index (κ1) is 28.0. The Morgan fingerprint density at radius 3 is 2.62 bits per heavy atom. The van der Waals surface area contributed by atoms with Gasteiger partial charge < -0.3 is 24.3 Å². The smallest absolute Gasteiger partial charge is 0.323 e. The van der Waals surface area contributed by atoms with E-state index in [4.69, 9.17) is 34.0 Å². The molecular formula is C31H38N6O5. The van der Waals surface area contributed by atoms with E-state index < -0.39 is 0 Å². The van der Waals surface area contributed by atoms with Gasteiger partial charge in [0.05, 0.1) is 27.9 Å². The maximum atomic E-state index is 12.9. The monoisotopic (exact) mass is 574 g/mol. The third kappa shape index (κ3) is 5.40. The number of hydrogen-bond acceptors (Lipinski definition) is 10. The van der Waals surface area contributed by atoms with Crippen LogP contribution in [0, 0.1) is 5.92 Å². The summed E-state index contributed by atoms with van der Waals surface area (Å²) < 4.78 is 23.9. The summed E-state index contributed by atoms with van der Waals surface area (Å²) in [5.74, 6) is 3.76. The number of benzene rings is 2. The second-order valence-corrected chi connectivity index (χ2v) is 10.9. The lowest BCUT2D eigenvalue weighted by Crippen LogP contribution is -2.48. The normalized spacial score (nSPS) is 18.1. The number of esters is 1. The average Bonchev–Trinajstić information content (AvgIpc) is 3.74. The molecule has 0 spiro atoms. The molecule has 2 aromatic heterocycles. The molecule has 0 unspecified atom stereocenters. The first-order chi connectivity index (χ1) is 20.5. The van der Waals surface area contributed by atoms with Gasteiger partial charge in [-0.15, -0.1) is 5.10 Å². The molecule has 1 saturated carbocycles. The molecule has 1 N–H and O–H groups in total. The van der Waals surface area contributed by atoms with Crippen molar-refractivity contribution >= 4 is 28.5 Å². The lowest BCUT2D eigenvalue weighted by atomic mass is 9.95. The Hall–Kier alpha value is -4.12. The molecular weight excluding hydrogens is 536 g/mol. The zero-order valence-electron chi connectivity index (χ0n) is 24.6. The topological polar surface area (TPSA) is 112 Å². The highest BCUT2D eigenvalue weighted by Crippen LogP contribution is 2.39. The predicted octanol–water partition coefficient (Wildman–Crippen LogP) is 4.44. The average molecular weight is 575 g/mol. The number of nitrogens with one attached hydrogen (secondary N) is 1. The molecule has 3 heterocycles. The SMILES string of the molecule is CCOC(=O)[C@@H](C1CC1)N1CCC[C@@H](c2nc3c4cccc(OC)c4nc(NCc4ccc(OC)cc4OC)n3n2)C1. The van der Waals surface area contributed by atoms with Crippen molar-refractivity contribution in [2.45, 2.75) is 51.1 Å². The maximum absolute atomic E-state index is 12.9. The molecule has 1 saturated heterocycles. The van der Waals surface area contributed by atoms with Gasteiger partial charge in [0.1, 0.15) is 28.8 Å². The van der Waals surface area contributed by atoms with Gasteiger partial charge in [0.25, 0.3) is 0 Å². The largest absolute Gasteiger partial charge is 0.497 e. The third-order valence-corrected chi connectivity index (χ3v) is 8.24. The maximum Gasteiger partial charge on any atom is 0.323 e. The Morgan fingerprint density at radius 1 is 1.05 bits per heavy atom. The quantitative estimate of drug-likeness (QED) is 0.258. The van der Waals surface area contributed by atoms with Crippen LogP contribution in [-0.4, -0.2) is 77.5 Å². The number of anilines is 1. The number of carbonyl (C=O) groups excluding carboxylic acids is 1. The molecule has 11 heteroatoms. The molecule has 0 radical (unpaired) electrons. The van der Waals surface area contributed by atoms with Crippen molar-refractivity contribution in [2.75, 3.05) is 46.3 Å². The molecule has 2 aromatic carbocycles. The van der Waals surface area contributed by atoms with Crippen LogP contribution in [0.1, 0.15) is 49.9 Å². The van der Waals surface area contributed by atoms with Crippen LogP contribution in [0.2, 0.25) is 0 Å². The van der Waals surface area contributed by atoms with E-state index in [1.807, 2.05) is 43.3 Å². The number of methoxy groups -OCH3 is 3. The van der Waals surface area contributed by atoms with Gasteiger partial charge in [-0.2, -0.15) is 4.52 Å². The molecule has 6 rings (SSSR count). The second-order valence-electron chi connectivity index (χ2n) is 10.9.